The van der Waals surface area contributed by atoms with Gasteiger partial charge < -0.3 is 35.1 Å². The van der Waals surface area contributed by atoms with Gasteiger partial charge in [-0.2, -0.15) is 0 Å². The molecule has 1 unspecified atom stereocenters. The molecule has 4 N–H and O–H groups in total. The summed E-state index contributed by atoms with van der Waals surface area (Å²) in [6, 6.07) is 18.0. The number of carbonyl (C=O) groups excluding carboxylic acids is 5. The number of methoxy groups -OCH3 is 1. The highest BCUT2D eigenvalue weighted by atomic mass is 16.5. The van der Waals surface area contributed by atoms with Gasteiger partial charge in [0.15, 0.2) is 0 Å². The molecule has 2 aliphatic heterocycles. The number of aromatic nitrogens is 3. The predicted octanol–water partition coefficient (Wildman–Crippen LogP) is 5.45. The van der Waals surface area contributed by atoms with Crippen molar-refractivity contribution >= 4 is 69.1 Å². The number of ether oxygens (including phenoxy) is 1. The Morgan fingerprint density at radius 1 is 1.02 bits per heavy atom. The van der Waals surface area contributed by atoms with E-state index in [0.717, 1.165) is 22.2 Å². The van der Waals surface area contributed by atoms with Crippen LogP contribution in [0.4, 0.5) is 28.7 Å². The number of fused-ring (bicyclic) bond motifs is 2. The lowest BCUT2D eigenvalue weighted by atomic mass is 10.0. The van der Waals surface area contributed by atoms with Gasteiger partial charge >= 0.3 is 0 Å². The first-order valence-corrected chi connectivity index (χ1v) is 20.7. The molecule has 16 heteroatoms. The number of para-hydroxylation sites is 1. The number of hydrogen-bond acceptors (Lipinski definition) is 11. The van der Waals surface area contributed by atoms with E-state index in [2.05, 4.69) is 60.4 Å². The van der Waals surface area contributed by atoms with Crippen molar-refractivity contribution in [3.8, 4) is 29.4 Å². The van der Waals surface area contributed by atoms with E-state index in [1.165, 1.54) is 11.0 Å². The highest BCUT2D eigenvalue weighted by Crippen LogP contribution is 2.39. The maximum Gasteiger partial charge on any atom is 0.255 e. The Bertz CT molecular complexity index is 2630. The van der Waals surface area contributed by atoms with Crippen LogP contribution in [0.15, 0.2) is 85.7 Å². The summed E-state index contributed by atoms with van der Waals surface area (Å²) in [6.07, 6.45) is 12.7. The van der Waals surface area contributed by atoms with E-state index >= 15 is 0 Å². The number of benzene rings is 3. The molecule has 2 aromatic heterocycles. The van der Waals surface area contributed by atoms with Crippen LogP contribution >= 0.6 is 0 Å². The van der Waals surface area contributed by atoms with Crippen molar-refractivity contribution in [3.05, 3.63) is 96.8 Å². The summed E-state index contributed by atoms with van der Waals surface area (Å²) < 4.78 is 7.89. The van der Waals surface area contributed by atoms with Crippen LogP contribution in [0.2, 0.25) is 0 Å². The van der Waals surface area contributed by atoms with Crippen molar-refractivity contribution in [1.82, 2.24) is 29.7 Å². The Morgan fingerprint density at radius 2 is 1.84 bits per heavy atom. The van der Waals surface area contributed by atoms with E-state index in [-0.39, 0.29) is 49.4 Å². The van der Waals surface area contributed by atoms with Crippen LogP contribution in [0, 0.1) is 12.3 Å². The summed E-state index contributed by atoms with van der Waals surface area (Å²) in [5.41, 5.74) is 6.17. The van der Waals surface area contributed by atoms with Gasteiger partial charge in [-0.05, 0) is 62.2 Å². The fourth-order valence-corrected chi connectivity index (χ4v) is 8.02. The first kappa shape index (κ1) is 43.6. The zero-order valence-corrected chi connectivity index (χ0v) is 35.6. The molecule has 0 bridgehead atoms. The van der Waals surface area contributed by atoms with E-state index in [0.29, 0.717) is 84.6 Å². The van der Waals surface area contributed by atoms with E-state index < -0.39 is 11.9 Å². The third-order valence-electron chi connectivity index (χ3n) is 11.3. The first-order valence-electron chi connectivity index (χ1n) is 20.7. The lowest BCUT2D eigenvalue weighted by Crippen LogP contribution is -2.52. The van der Waals surface area contributed by atoms with E-state index in [1.807, 2.05) is 49.5 Å². The molecule has 16 nitrogen and oxygen atoms in total. The average Bonchev–Trinajstić information content (AvgIpc) is 3.80. The fraction of sp³-hybridized carbons (Fsp3) is 0.298. The van der Waals surface area contributed by atoms with Crippen molar-refractivity contribution < 1.29 is 28.7 Å². The zero-order valence-electron chi connectivity index (χ0n) is 35.6. The summed E-state index contributed by atoms with van der Waals surface area (Å²) in [7, 11) is 5.48. The van der Waals surface area contributed by atoms with Crippen LogP contribution in [-0.2, 0) is 32.8 Å². The Morgan fingerprint density at radius 3 is 2.62 bits per heavy atom. The third kappa shape index (κ3) is 9.84. The number of unbranched alkanes of at least 4 members (excludes halogenated alkanes) is 1. The number of amides is 5. The second-order valence-corrected chi connectivity index (χ2v) is 15.5. The van der Waals surface area contributed by atoms with Crippen LogP contribution < -0.4 is 30.9 Å². The lowest BCUT2D eigenvalue weighted by Gasteiger charge is -2.29. The molecule has 0 aliphatic carbocycles. The monoisotopic (exact) mass is 850 g/mol. The van der Waals surface area contributed by atoms with Crippen molar-refractivity contribution in [1.29, 1.82) is 0 Å². The van der Waals surface area contributed by atoms with Gasteiger partial charge in [0.1, 0.15) is 11.8 Å². The molecule has 0 saturated carbocycles. The largest absolute Gasteiger partial charge is 0.494 e. The summed E-state index contributed by atoms with van der Waals surface area (Å²) in [5.74, 6) is 1.88. The molecule has 324 valence electrons. The normalized spacial score (nSPS) is 14.6. The molecule has 0 radical (unpaired) electrons. The second kappa shape index (κ2) is 19.5. The Balaban J connectivity index is 0.960. The molecule has 1 atom stereocenters. The van der Waals surface area contributed by atoms with E-state index in [1.54, 1.807) is 37.6 Å². The summed E-state index contributed by atoms with van der Waals surface area (Å²) in [6.45, 7) is 5.97. The lowest BCUT2D eigenvalue weighted by molar-refractivity contribution is -0.137. The minimum absolute atomic E-state index is 0.161. The molecule has 1 saturated heterocycles. The van der Waals surface area contributed by atoms with Crippen molar-refractivity contribution in [2.24, 2.45) is 7.05 Å². The molecule has 5 amide bonds. The minimum Gasteiger partial charge on any atom is -0.494 e. The number of likely N-dealkylation sites (N-methyl/N-ethyl adjacent to an activating group) is 1. The average molecular weight is 851 g/mol. The van der Waals surface area contributed by atoms with Gasteiger partial charge in [0.2, 0.25) is 29.6 Å². The Kier molecular flexibility index (Phi) is 13.5. The standard InChI is InChI=1S/C47H50N10O6/c1-6-22-56(23-11-10-17-43(59)49-34-15-12-14-31-33(34)29-57(46(31)62)39-18-19-44(60)53-45(39)61)25-24-54(3)40-27-41(63-5)37(26-36(40)50-42(58)7-2)52-47-48-21-20-35(51-47)32-28-55(4)38-16-9-8-13-30(32)38/h1,7-9,12-16,20-21,26-28,39H,2,10-11,17-19,22-25,29H2,3-5H3,(H,49,59)(H,50,58)(H,48,51,52)(H,53,60,61). The molecule has 0 spiro atoms. The second-order valence-electron chi connectivity index (χ2n) is 15.5. The number of rotatable bonds is 18. The van der Waals surface area contributed by atoms with Gasteiger partial charge in [0.05, 0.1) is 36.4 Å². The molecule has 4 heterocycles. The molecule has 3 aromatic carbocycles. The van der Waals surface area contributed by atoms with Gasteiger partial charge in [-0.3, -0.25) is 34.2 Å². The van der Waals surface area contributed by atoms with Crippen LogP contribution in [0.3, 0.4) is 0 Å². The van der Waals surface area contributed by atoms with Gasteiger partial charge in [0, 0.05) is 98.3 Å². The molecule has 7 rings (SSSR count). The quantitative estimate of drug-likeness (QED) is 0.0381. The summed E-state index contributed by atoms with van der Waals surface area (Å²) in [4.78, 5) is 78.0. The zero-order chi connectivity index (χ0) is 44.6. The maximum atomic E-state index is 13.2. The van der Waals surface area contributed by atoms with Gasteiger partial charge in [-0.1, -0.05) is 36.8 Å². The predicted molar refractivity (Wildman–Crippen MR) is 243 cm³/mol. The number of terminal acetylenes is 1. The molecule has 63 heavy (non-hydrogen) atoms. The topological polar surface area (TPSA) is 183 Å². The molecule has 5 aromatic rings. The molecule has 2 aliphatic rings. The number of anilines is 5. The van der Waals surface area contributed by atoms with Crippen LogP contribution in [0.1, 0.15) is 48.0 Å². The number of aryl methyl sites for hydroxylation is 1. The number of imide groups is 1. The minimum atomic E-state index is -0.741. The number of carbonyl (C=O) groups is 5. The van der Waals surface area contributed by atoms with E-state index in [4.69, 9.17) is 16.1 Å². The third-order valence-corrected chi connectivity index (χ3v) is 11.3. The van der Waals surface area contributed by atoms with Crippen LogP contribution in [-0.4, -0.2) is 100 Å². The SMILES string of the molecule is C#CCN(CCCCC(=O)Nc1cccc2c1CN(C1CCC(=O)NC1=O)C2=O)CCN(C)c1cc(OC)c(Nc2nccc(-c3cn(C)c4ccccc34)n2)cc1NC(=O)C=C. The van der Waals surface area contributed by atoms with Crippen LogP contribution in [0.25, 0.3) is 22.2 Å². The Hall–Kier alpha value is -7.51. The van der Waals surface area contributed by atoms with Crippen molar-refractivity contribution in [3.63, 3.8) is 0 Å². The summed E-state index contributed by atoms with van der Waals surface area (Å²) >= 11 is 0. The van der Waals surface area contributed by atoms with E-state index in [9.17, 15) is 24.0 Å². The Labute approximate surface area is 365 Å². The molecular formula is C47H50N10O6. The fourth-order valence-electron chi connectivity index (χ4n) is 8.02. The number of nitrogens with zero attached hydrogens (tertiary/aromatic N) is 6. The highest BCUT2D eigenvalue weighted by Gasteiger charge is 2.40. The summed E-state index contributed by atoms with van der Waals surface area (Å²) in [5, 5.41) is 12.6. The maximum absolute atomic E-state index is 13.2. The smallest absolute Gasteiger partial charge is 0.255 e. The van der Waals surface area contributed by atoms with Crippen LogP contribution in [0.5, 0.6) is 5.75 Å². The van der Waals surface area contributed by atoms with Gasteiger partial charge in [-0.25, -0.2) is 9.97 Å². The number of piperidine rings is 1. The number of nitrogens with one attached hydrogen (secondary N) is 4. The highest BCUT2D eigenvalue weighted by molar-refractivity contribution is 6.07. The van der Waals surface area contributed by atoms with Crippen molar-refractivity contribution in [2.45, 2.75) is 44.7 Å². The van der Waals surface area contributed by atoms with Gasteiger partial charge in [0.25, 0.3) is 5.91 Å². The van der Waals surface area contributed by atoms with Gasteiger partial charge in [-0.15, -0.1) is 6.42 Å². The first-order chi connectivity index (χ1) is 30.5. The van der Waals surface area contributed by atoms with Crippen molar-refractivity contribution in [2.75, 3.05) is 61.2 Å². The number of hydrogen-bond donors (Lipinski definition) is 4. The molecule has 1 fully saturated rings. The molecular weight excluding hydrogens is 801 g/mol.